The number of aryl methyl sites for hydroxylation is 1. The van der Waals surface area contributed by atoms with Crippen LogP contribution in [-0.4, -0.2) is 29.8 Å². The standard InChI is InChI=1S/C21H21NO4S/c1-4-26-18-11-16(9-10-17(18)25-3)12-19-20(23)22(21(24)27-19)13-15-7-5-14(2)6-8-15/h5-12H,4,13H2,1-3H3/b19-12+. The largest absolute Gasteiger partial charge is 0.493 e. The van der Waals surface area contributed by atoms with E-state index in [0.29, 0.717) is 23.0 Å². The molecule has 1 aliphatic rings. The van der Waals surface area contributed by atoms with Gasteiger partial charge in [-0.05, 0) is 54.9 Å². The molecule has 1 saturated heterocycles. The Bertz CT molecular complexity index is 890. The van der Waals surface area contributed by atoms with Gasteiger partial charge in [-0.15, -0.1) is 0 Å². The van der Waals surface area contributed by atoms with Crippen LogP contribution in [0, 0.1) is 6.92 Å². The molecule has 1 heterocycles. The van der Waals surface area contributed by atoms with Gasteiger partial charge in [-0.25, -0.2) is 0 Å². The average Bonchev–Trinajstić information content (AvgIpc) is 2.91. The maximum Gasteiger partial charge on any atom is 0.293 e. The summed E-state index contributed by atoms with van der Waals surface area (Å²) in [6.07, 6.45) is 1.71. The highest BCUT2D eigenvalue weighted by Crippen LogP contribution is 2.35. The van der Waals surface area contributed by atoms with Crippen molar-refractivity contribution in [1.29, 1.82) is 0 Å². The Balaban J connectivity index is 1.81. The zero-order valence-corrected chi connectivity index (χ0v) is 16.3. The molecule has 140 valence electrons. The minimum absolute atomic E-state index is 0.259. The van der Waals surface area contributed by atoms with E-state index in [1.165, 1.54) is 4.90 Å². The molecule has 27 heavy (non-hydrogen) atoms. The number of rotatable bonds is 6. The number of carbonyl (C=O) groups is 2. The van der Waals surface area contributed by atoms with E-state index >= 15 is 0 Å². The summed E-state index contributed by atoms with van der Waals surface area (Å²) in [5, 5.41) is -0.259. The molecule has 5 nitrogen and oxygen atoms in total. The van der Waals surface area contributed by atoms with Crippen LogP contribution in [0.5, 0.6) is 11.5 Å². The fraction of sp³-hybridized carbons (Fsp3) is 0.238. The van der Waals surface area contributed by atoms with Crippen molar-refractivity contribution in [2.45, 2.75) is 20.4 Å². The van der Waals surface area contributed by atoms with Gasteiger partial charge in [0.05, 0.1) is 25.2 Å². The van der Waals surface area contributed by atoms with Gasteiger partial charge < -0.3 is 9.47 Å². The average molecular weight is 383 g/mol. The first-order valence-corrected chi connectivity index (χ1v) is 9.45. The molecule has 0 unspecified atom stereocenters. The fourth-order valence-electron chi connectivity index (χ4n) is 2.72. The zero-order valence-electron chi connectivity index (χ0n) is 15.5. The Labute approximate surface area is 163 Å². The van der Waals surface area contributed by atoms with Crippen LogP contribution in [0.15, 0.2) is 47.4 Å². The van der Waals surface area contributed by atoms with Gasteiger partial charge in [-0.2, -0.15) is 0 Å². The molecular weight excluding hydrogens is 362 g/mol. The molecule has 1 aliphatic heterocycles. The molecule has 0 spiro atoms. The van der Waals surface area contributed by atoms with Gasteiger partial charge in [-0.3, -0.25) is 14.5 Å². The normalized spacial score (nSPS) is 15.5. The van der Waals surface area contributed by atoms with E-state index in [4.69, 9.17) is 9.47 Å². The summed E-state index contributed by atoms with van der Waals surface area (Å²) in [4.78, 5) is 26.7. The van der Waals surface area contributed by atoms with Gasteiger partial charge in [0.25, 0.3) is 11.1 Å². The Kier molecular flexibility index (Phi) is 5.86. The van der Waals surface area contributed by atoms with Gasteiger partial charge in [0.2, 0.25) is 0 Å². The number of hydrogen-bond acceptors (Lipinski definition) is 5. The van der Waals surface area contributed by atoms with Crippen LogP contribution in [0.4, 0.5) is 4.79 Å². The van der Waals surface area contributed by atoms with Crippen LogP contribution in [0.1, 0.15) is 23.6 Å². The van der Waals surface area contributed by atoms with Crippen molar-refractivity contribution in [3.8, 4) is 11.5 Å². The summed E-state index contributed by atoms with van der Waals surface area (Å²) < 4.78 is 10.8. The van der Waals surface area contributed by atoms with E-state index in [9.17, 15) is 9.59 Å². The lowest BCUT2D eigenvalue weighted by Gasteiger charge is -2.12. The van der Waals surface area contributed by atoms with Crippen molar-refractivity contribution in [2.24, 2.45) is 0 Å². The molecule has 2 amide bonds. The van der Waals surface area contributed by atoms with E-state index in [1.54, 1.807) is 25.3 Å². The number of amides is 2. The van der Waals surface area contributed by atoms with E-state index in [2.05, 4.69) is 0 Å². The molecule has 0 saturated carbocycles. The van der Waals surface area contributed by atoms with Gasteiger partial charge in [0, 0.05) is 0 Å². The van der Waals surface area contributed by atoms with Crippen LogP contribution in [0.2, 0.25) is 0 Å². The predicted octanol–water partition coefficient (Wildman–Crippen LogP) is 4.64. The number of ether oxygens (including phenoxy) is 2. The summed E-state index contributed by atoms with van der Waals surface area (Å²) in [5.74, 6) is 0.952. The van der Waals surface area contributed by atoms with Crippen molar-refractivity contribution in [3.05, 3.63) is 64.1 Å². The molecule has 0 aliphatic carbocycles. The second kappa shape index (κ2) is 8.31. The third-order valence-corrected chi connectivity index (χ3v) is 5.03. The van der Waals surface area contributed by atoms with Crippen LogP contribution in [0.3, 0.4) is 0 Å². The highest BCUT2D eigenvalue weighted by Gasteiger charge is 2.35. The second-order valence-corrected chi connectivity index (χ2v) is 7.09. The van der Waals surface area contributed by atoms with E-state index in [-0.39, 0.29) is 17.7 Å². The SMILES string of the molecule is CCOc1cc(/C=C2/SC(=O)N(Cc3ccc(C)cc3)C2=O)ccc1OC. The Morgan fingerprint density at radius 1 is 1.07 bits per heavy atom. The molecule has 0 atom stereocenters. The summed E-state index contributed by atoms with van der Waals surface area (Å²) in [7, 11) is 1.58. The molecule has 0 bridgehead atoms. The Morgan fingerprint density at radius 2 is 1.81 bits per heavy atom. The second-order valence-electron chi connectivity index (χ2n) is 6.10. The van der Waals surface area contributed by atoms with Gasteiger partial charge in [0.15, 0.2) is 11.5 Å². The number of nitrogens with zero attached hydrogens (tertiary/aromatic N) is 1. The van der Waals surface area contributed by atoms with Crippen LogP contribution in [-0.2, 0) is 11.3 Å². The molecule has 2 aromatic rings. The Morgan fingerprint density at radius 3 is 2.48 bits per heavy atom. The van der Waals surface area contributed by atoms with Crippen molar-refractivity contribution in [3.63, 3.8) is 0 Å². The summed E-state index contributed by atoms with van der Waals surface area (Å²) >= 11 is 0.955. The monoisotopic (exact) mass is 383 g/mol. The first kappa shape index (κ1) is 19.0. The van der Waals surface area contributed by atoms with Crippen molar-refractivity contribution < 1.29 is 19.1 Å². The van der Waals surface area contributed by atoms with E-state index < -0.39 is 0 Å². The lowest BCUT2D eigenvalue weighted by molar-refractivity contribution is -0.123. The summed E-state index contributed by atoms with van der Waals surface area (Å²) in [5.41, 5.74) is 2.84. The number of carbonyl (C=O) groups excluding carboxylic acids is 2. The molecule has 0 aromatic heterocycles. The van der Waals surface area contributed by atoms with Crippen LogP contribution >= 0.6 is 11.8 Å². The predicted molar refractivity (Wildman–Crippen MR) is 107 cm³/mol. The number of imide groups is 1. The van der Waals surface area contributed by atoms with E-state index in [1.807, 2.05) is 44.2 Å². The van der Waals surface area contributed by atoms with Gasteiger partial charge in [0.1, 0.15) is 0 Å². The third kappa shape index (κ3) is 4.34. The lowest BCUT2D eigenvalue weighted by atomic mass is 10.1. The molecule has 6 heteroatoms. The number of hydrogen-bond donors (Lipinski definition) is 0. The highest BCUT2D eigenvalue weighted by atomic mass is 32.2. The van der Waals surface area contributed by atoms with Crippen LogP contribution < -0.4 is 9.47 Å². The third-order valence-electron chi connectivity index (χ3n) is 4.12. The summed E-state index contributed by atoms with van der Waals surface area (Å²) in [6, 6.07) is 13.2. The number of methoxy groups -OCH3 is 1. The number of thioether (sulfide) groups is 1. The van der Waals surface area contributed by atoms with Crippen molar-refractivity contribution in [2.75, 3.05) is 13.7 Å². The molecule has 1 fully saturated rings. The molecule has 0 N–H and O–H groups in total. The van der Waals surface area contributed by atoms with Crippen molar-refractivity contribution >= 4 is 29.0 Å². The summed E-state index contributed by atoms with van der Waals surface area (Å²) in [6.45, 7) is 4.67. The van der Waals surface area contributed by atoms with Gasteiger partial charge >= 0.3 is 0 Å². The molecule has 2 aromatic carbocycles. The van der Waals surface area contributed by atoms with Crippen LogP contribution in [0.25, 0.3) is 6.08 Å². The highest BCUT2D eigenvalue weighted by molar-refractivity contribution is 8.18. The lowest BCUT2D eigenvalue weighted by Crippen LogP contribution is -2.27. The first-order chi connectivity index (χ1) is 13.0. The van der Waals surface area contributed by atoms with Crippen molar-refractivity contribution in [1.82, 2.24) is 4.90 Å². The minimum atomic E-state index is -0.278. The minimum Gasteiger partial charge on any atom is -0.493 e. The molecule has 3 rings (SSSR count). The number of benzene rings is 2. The smallest absolute Gasteiger partial charge is 0.293 e. The van der Waals surface area contributed by atoms with Gasteiger partial charge in [-0.1, -0.05) is 35.9 Å². The maximum atomic E-state index is 12.7. The van der Waals surface area contributed by atoms with E-state index in [0.717, 1.165) is 28.5 Å². The molecular formula is C21H21NO4S. The maximum absolute atomic E-state index is 12.7. The topological polar surface area (TPSA) is 55.8 Å². The Hall–Kier alpha value is -2.73. The fourth-order valence-corrected chi connectivity index (χ4v) is 3.55. The quantitative estimate of drug-likeness (QED) is 0.680. The zero-order chi connectivity index (χ0) is 19.4. The first-order valence-electron chi connectivity index (χ1n) is 8.63. The molecule has 0 radical (unpaired) electrons.